The summed E-state index contributed by atoms with van der Waals surface area (Å²) < 4.78 is 0. The molecule has 2 aromatic rings. The third-order valence-electron chi connectivity index (χ3n) is 2.36. The lowest BCUT2D eigenvalue weighted by Crippen LogP contribution is -1.86. The van der Waals surface area contributed by atoms with Crippen LogP contribution >= 0.6 is 0 Å². The van der Waals surface area contributed by atoms with Crippen molar-refractivity contribution in [1.29, 1.82) is 0 Å². The third kappa shape index (κ3) is 3.05. The van der Waals surface area contributed by atoms with Crippen LogP contribution < -0.4 is 0 Å². The first kappa shape index (κ1) is 11.1. The fourth-order valence-corrected chi connectivity index (χ4v) is 1.57. The maximum Gasteiger partial charge on any atom is 0.328 e. The van der Waals surface area contributed by atoms with Crippen LogP contribution in [0.25, 0.3) is 17.2 Å². The Bertz CT molecular complexity index is 542. The monoisotopic (exact) mass is 223 g/mol. The van der Waals surface area contributed by atoms with E-state index < -0.39 is 5.97 Å². The highest BCUT2D eigenvalue weighted by Crippen LogP contribution is 2.20. The van der Waals surface area contributed by atoms with Crippen LogP contribution in [0.2, 0.25) is 0 Å². The van der Waals surface area contributed by atoms with E-state index in [2.05, 4.69) is 6.07 Å². The van der Waals surface area contributed by atoms with Gasteiger partial charge in [0.1, 0.15) is 0 Å². The van der Waals surface area contributed by atoms with Crippen LogP contribution in [0, 0.1) is 6.07 Å². The van der Waals surface area contributed by atoms with E-state index >= 15 is 0 Å². The van der Waals surface area contributed by atoms with E-state index in [0.717, 1.165) is 22.8 Å². The second-order valence-corrected chi connectivity index (χ2v) is 3.59. The van der Waals surface area contributed by atoms with Gasteiger partial charge in [0, 0.05) is 6.08 Å². The molecule has 0 saturated carbocycles. The van der Waals surface area contributed by atoms with Crippen molar-refractivity contribution in [3.8, 4) is 11.1 Å². The second-order valence-electron chi connectivity index (χ2n) is 3.59. The smallest absolute Gasteiger partial charge is 0.328 e. The van der Waals surface area contributed by atoms with E-state index in [1.165, 1.54) is 0 Å². The van der Waals surface area contributed by atoms with Gasteiger partial charge in [-0.25, -0.2) is 4.79 Å². The average molecular weight is 223 g/mol. The summed E-state index contributed by atoms with van der Waals surface area (Å²) in [5, 5.41) is 8.57. The highest BCUT2D eigenvalue weighted by molar-refractivity contribution is 5.85. The summed E-state index contributed by atoms with van der Waals surface area (Å²) in [6, 6.07) is 18.4. The Labute approximate surface area is 99.8 Å². The molecule has 2 aromatic carbocycles. The lowest BCUT2D eigenvalue weighted by Gasteiger charge is -2.02. The molecule has 0 aliphatic rings. The van der Waals surface area contributed by atoms with Gasteiger partial charge in [0.2, 0.25) is 0 Å². The molecule has 2 rings (SSSR count). The van der Waals surface area contributed by atoms with Crippen LogP contribution in [-0.2, 0) is 4.79 Å². The summed E-state index contributed by atoms with van der Waals surface area (Å²) in [6.07, 6.45) is 2.72. The number of rotatable bonds is 3. The van der Waals surface area contributed by atoms with Gasteiger partial charge >= 0.3 is 5.97 Å². The zero-order valence-electron chi connectivity index (χ0n) is 9.13. The van der Waals surface area contributed by atoms with Gasteiger partial charge in [0.05, 0.1) is 0 Å². The average Bonchev–Trinajstić information content (AvgIpc) is 2.38. The lowest BCUT2D eigenvalue weighted by molar-refractivity contribution is -0.131. The molecule has 83 valence electrons. The summed E-state index contributed by atoms with van der Waals surface area (Å²) in [7, 11) is 0. The van der Waals surface area contributed by atoms with Crippen molar-refractivity contribution >= 4 is 12.0 Å². The summed E-state index contributed by atoms with van der Waals surface area (Å²) >= 11 is 0. The van der Waals surface area contributed by atoms with Crippen LogP contribution in [0.5, 0.6) is 0 Å². The number of carboxylic acids is 1. The molecular weight excluding hydrogens is 212 g/mol. The Hall–Kier alpha value is -2.35. The molecule has 0 aliphatic carbocycles. The minimum absolute atomic E-state index is 0.873. The Morgan fingerprint density at radius 1 is 1.12 bits per heavy atom. The molecule has 0 spiro atoms. The van der Waals surface area contributed by atoms with Gasteiger partial charge in [-0.1, -0.05) is 42.5 Å². The van der Waals surface area contributed by atoms with Gasteiger partial charge in [0.15, 0.2) is 0 Å². The van der Waals surface area contributed by atoms with Gasteiger partial charge in [-0.3, -0.25) is 0 Å². The largest absolute Gasteiger partial charge is 0.478 e. The molecule has 1 radical (unpaired) electrons. The van der Waals surface area contributed by atoms with Gasteiger partial charge in [-0.05, 0) is 34.9 Å². The Kier molecular flexibility index (Phi) is 3.36. The Morgan fingerprint density at radius 3 is 2.59 bits per heavy atom. The molecule has 0 amide bonds. The van der Waals surface area contributed by atoms with Gasteiger partial charge in [0.25, 0.3) is 0 Å². The Morgan fingerprint density at radius 2 is 1.88 bits per heavy atom. The van der Waals surface area contributed by atoms with Crippen molar-refractivity contribution < 1.29 is 9.90 Å². The van der Waals surface area contributed by atoms with Crippen molar-refractivity contribution in [2.45, 2.75) is 0 Å². The van der Waals surface area contributed by atoms with E-state index in [4.69, 9.17) is 5.11 Å². The first-order valence-corrected chi connectivity index (χ1v) is 5.23. The first-order chi connectivity index (χ1) is 8.25. The fourth-order valence-electron chi connectivity index (χ4n) is 1.57. The van der Waals surface area contributed by atoms with Crippen molar-refractivity contribution in [3.05, 3.63) is 66.2 Å². The van der Waals surface area contributed by atoms with E-state index in [1.807, 2.05) is 48.5 Å². The molecule has 0 aliphatic heterocycles. The SMILES string of the molecule is O=C(O)C=Cc1cccc(-c2cc[c]cc2)c1. The predicted octanol–water partition coefficient (Wildman–Crippen LogP) is 3.25. The Balaban J connectivity index is 2.32. The number of carbonyl (C=O) groups is 1. The van der Waals surface area contributed by atoms with Crippen LogP contribution in [-0.4, -0.2) is 11.1 Å². The van der Waals surface area contributed by atoms with Gasteiger partial charge < -0.3 is 5.11 Å². The molecule has 0 saturated heterocycles. The number of benzene rings is 2. The maximum atomic E-state index is 10.4. The first-order valence-electron chi connectivity index (χ1n) is 5.23. The highest BCUT2D eigenvalue weighted by atomic mass is 16.4. The minimum atomic E-state index is -0.940. The van der Waals surface area contributed by atoms with Crippen LogP contribution in [0.4, 0.5) is 0 Å². The van der Waals surface area contributed by atoms with Crippen molar-refractivity contribution in [2.24, 2.45) is 0 Å². The normalized spacial score (nSPS) is 10.6. The quantitative estimate of drug-likeness (QED) is 0.811. The van der Waals surface area contributed by atoms with Crippen LogP contribution in [0.15, 0.2) is 54.6 Å². The second kappa shape index (κ2) is 5.12. The van der Waals surface area contributed by atoms with E-state index in [-0.39, 0.29) is 0 Å². The summed E-state index contributed by atoms with van der Waals surface area (Å²) in [5.74, 6) is -0.940. The lowest BCUT2D eigenvalue weighted by atomic mass is 10.0. The van der Waals surface area contributed by atoms with Crippen LogP contribution in [0.3, 0.4) is 0 Å². The molecule has 2 heteroatoms. The standard InChI is InChI=1S/C15H11O2/c16-15(17)10-9-12-5-4-8-14(11-12)13-6-2-1-3-7-13/h2-11H,(H,16,17). The highest BCUT2D eigenvalue weighted by Gasteiger charge is 1.97. The summed E-state index contributed by atoms with van der Waals surface area (Å²) in [5.41, 5.74) is 3.03. The van der Waals surface area contributed by atoms with Crippen LogP contribution in [0.1, 0.15) is 5.56 Å². The number of aliphatic carboxylic acids is 1. The molecule has 0 unspecified atom stereocenters. The summed E-state index contributed by atoms with van der Waals surface area (Å²) in [4.78, 5) is 10.4. The van der Waals surface area contributed by atoms with Crippen molar-refractivity contribution in [2.75, 3.05) is 0 Å². The molecule has 0 atom stereocenters. The van der Waals surface area contributed by atoms with Crippen molar-refractivity contribution in [3.63, 3.8) is 0 Å². The van der Waals surface area contributed by atoms with Gasteiger partial charge in [-0.15, -0.1) is 0 Å². The molecule has 0 aromatic heterocycles. The molecule has 0 bridgehead atoms. The minimum Gasteiger partial charge on any atom is -0.478 e. The predicted molar refractivity (Wildman–Crippen MR) is 67.4 cm³/mol. The van der Waals surface area contributed by atoms with E-state index in [9.17, 15) is 4.79 Å². The molecule has 0 heterocycles. The molecule has 2 nitrogen and oxygen atoms in total. The topological polar surface area (TPSA) is 37.3 Å². The molecule has 1 N–H and O–H groups in total. The summed E-state index contributed by atoms with van der Waals surface area (Å²) in [6.45, 7) is 0. The van der Waals surface area contributed by atoms with E-state index in [1.54, 1.807) is 6.08 Å². The number of hydrogen-bond donors (Lipinski definition) is 1. The zero-order valence-corrected chi connectivity index (χ0v) is 9.13. The third-order valence-corrected chi connectivity index (χ3v) is 2.36. The molecule has 17 heavy (non-hydrogen) atoms. The van der Waals surface area contributed by atoms with Gasteiger partial charge in [-0.2, -0.15) is 0 Å². The maximum absolute atomic E-state index is 10.4. The van der Waals surface area contributed by atoms with Crippen molar-refractivity contribution in [1.82, 2.24) is 0 Å². The fraction of sp³-hybridized carbons (Fsp3) is 0. The number of hydrogen-bond acceptors (Lipinski definition) is 1. The molecular formula is C15H11O2. The van der Waals surface area contributed by atoms with E-state index in [0.29, 0.717) is 0 Å². The number of carboxylic acid groups (broad SMARTS) is 1. The zero-order chi connectivity index (χ0) is 12.1. The molecule has 0 fully saturated rings.